The quantitative estimate of drug-likeness (QED) is 0.612. The Morgan fingerprint density at radius 3 is 2.70 bits per heavy atom. The van der Waals surface area contributed by atoms with Gasteiger partial charge in [0.15, 0.2) is 0 Å². The number of nitrogens with zero attached hydrogens (tertiary/aromatic N) is 3. The second-order valence-corrected chi connectivity index (χ2v) is 10.3. The van der Waals surface area contributed by atoms with Crippen LogP contribution in [0.2, 0.25) is 0 Å². The fourth-order valence-corrected chi connectivity index (χ4v) is 6.83. The van der Waals surface area contributed by atoms with E-state index in [0.29, 0.717) is 5.69 Å². The number of anilines is 1. The first kappa shape index (κ1) is 17.3. The van der Waals surface area contributed by atoms with Crippen LogP contribution in [0.15, 0.2) is 44.4 Å². The van der Waals surface area contributed by atoms with E-state index in [-0.39, 0.29) is 5.91 Å². The van der Waals surface area contributed by atoms with Crippen LogP contribution in [0.1, 0.15) is 16.1 Å². The molecular weight excluding hydrogens is 444 g/mol. The van der Waals surface area contributed by atoms with Crippen LogP contribution < -0.4 is 4.90 Å². The number of para-hydroxylation sites is 1. The number of aromatic amines is 1. The van der Waals surface area contributed by atoms with Crippen LogP contribution in [-0.2, 0) is 5.75 Å². The smallest absolute Gasteiger partial charge is 0.272 e. The van der Waals surface area contributed by atoms with Crippen molar-refractivity contribution in [2.45, 2.75) is 9.96 Å². The summed E-state index contributed by atoms with van der Waals surface area (Å²) in [4.78, 5) is 17.4. The number of H-pyrrole nitrogens is 1. The Hall–Kier alpha value is -1.77. The van der Waals surface area contributed by atoms with Gasteiger partial charge in [0.05, 0.1) is 13.7 Å². The molecule has 2 aliphatic heterocycles. The van der Waals surface area contributed by atoms with E-state index in [0.717, 1.165) is 52.5 Å². The third kappa shape index (κ3) is 3.09. The van der Waals surface area contributed by atoms with Crippen LogP contribution in [0, 0.1) is 0 Å². The predicted octanol–water partition coefficient (Wildman–Crippen LogP) is 4.47. The van der Waals surface area contributed by atoms with Gasteiger partial charge in [0.25, 0.3) is 5.91 Å². The maximum atomic E-state index is 13.1. The van der Waals surface area contributed by atoms with Crippen molar-refractivity contribution in [3.63, 3.8) is 0 Å². The Morgan fingerprint density at radius 1 is 1.15 bits per heavy atom. The first-order valence-electron chi connectivity index (χ1n) is 8.80. The number of aromatic nitrogens is 2. The first-order valence-corrected chi connectivity index (χ1v) is 11.4. The number of hydrogen-bond donors (Lipinski definition) is 1. The zero-order valence-corrected chi connectivity index (χ0v) is 17.7. The number of rotatable bonds is 2. The minimum absolute atomic E-state index is 0.0646. The molecule has 1 fully saturated rings. The second-order valence-electron chi connectivity index (χ2n) is 6.58. The van der Waals surface area contributed by atoms with Crippen molar-refractivity contribution < 1.29 is 4.79 Å². The van der Waals surface area contributed by atoms with Gasteiger partial charge in [0, 0.05) is 48.7 Å². The lowest BCUT2D eigenvalue weighted by Gasteiger charge is -2.36. The third-order valence-corrected chi connectivity index (χ3v) is 7.99. The second kappa shape index (κ2) is 7.00. The molecule has 0 bridgehead atoms. The molecule has 0 unspecified atom stereocenters. The van der Waals surface area contributed by atoms with Gasteiger partial charge in [0.2, 0.25) is 0 Å². The summed E-state index contributed by atoms with van der Waals surface area (Å²) in [6, 6.07) is 12.5. The van der Waals surface area contributed by atoms with Crippen molar-refractivity contribution in [1.82, 2.24) is 15.1 Å². The SMILES string of the molecule is O=C(c1[nH]nc2c1CSc1sc(Br)cc1-2)N1CCN(c2ccccc2)CC1. The fourth-order valence-electron chi connectivity index (χ4n) is 3.63. The monoisotopic (exact) mass is 460 g/mol. The Labute approximate surface area is 173 Å². The lowest BCUT2D eigenvalue weighted by atomic mass is 10.1. The minimum atomic E-state index is 0.0646. The largest absolute Gasteiger partial charge is 0.368 e. The Kier molecular flexibility index (Phi) is 4.49. The molecule has 0 saturated carbocycles. The predicted molar refractivity (Wildman–Crippen MR) is 114 cm³/mol. The molecule has 0 spiro atoms. The van der Waals surface area contributed by atoms with Crippen LogP contribution >= 0.6 is 39.0 Å². The summed E-state index contributed by atoms with van der Waals surface area (Å²) in [5, 5.41) is 7.51. The molecule has 5 rings (SSSR count). The number of benzene rings is 1. The molecule has 0 atom stereocenters. The highest BCUT2D eigenvalue weighted by Gasteiger charge is 2.30. The Morgan fingerprint density at radius 2 is 1.93 bits per heavy atom. The summed E-state index contributed by atoms with van der Waals surface area (Å²) in [6.45, 7) is 3.15. The van der Waals surface area contributed by atoms with Crippen molar-refractivity contribution in [2.24, 2.45) is 0 Å². The highest BCUT2D eigenvalue weighted by molar-refractivity contribution is 9.11. The van der Waals surface area contributed by atoms with Crippen LogP contribution in [0.3, 0.4) is 0 Å². The molecular formula is C19H17BrN4OS2. The maximum Gasteiger partial charge on any atom is 0.272 e. The molecule has 3 aromatic rings. The van der Waals surface area contributed by atoms with Gasteiger partial charge < -0.3 is 9.80 Å². The van der Waals surface area contributed by atoms with E-state index in [1.165, 1.54) is 9.90 Å². The summed E-state index contributed by atoms with van der Waals surface area (Å²) in [7, 11) is 0. The fraction of sp³-hybridized carbons (Fsp3) is 0.263. The number of amides is 1. The van der Waals surface area contributed by atoms with Crippen molar-refractivity contribution >= 4 is 50.6 Å². The number of nitrogens with one attached hydrogen (secondary N) is 1. The van der Waals surface area contributed by atoms with Crippen molar-refractivity contribution in [1.29, 1.82) is 0 Å². The number of piperazine rings is 1. The molecule has 1 amide bonds. The van der Waals surface area contributed by atoms with Crippen LogP contribution in [0.25, 0.3) is 11.3 Å². The van der Waals surface area contributed by atoms with E-state index in [1.807, 2.05) is 11.0 Å². The highest BCUT2D eigenvalue weighted by Crippen LogP contribution is 2.47. The molecule has 1 saturated heterocycles. The standard InChI is InChI=1S/C19H17BrN4OS2/c20-15-10-13-16-14(11-26-19(13)27-15)17(22-21-16)18(25)24-8-6-23(7-9-24)12-4-2-1-3-5-12/h1-5,10H,6-9,11H2,(H,21,22). The molecule has 4 heterocycles. The number of fused-ring (bicyclic) bond motifs is 3. The van der Waals surface area contributed by atoms with Gasteiger partial charge in [-0.15, -0.1) is 23.1 Å². The van der Waals surface area contributed by atoms with Crippen molar-refractivity contribution in [2.75, 3.05) is 31.1 Å². The Bertz CT molecular complexity index is 993. The zero-order valence-electron chi connectivity index (χ0n) is 14.4. The average molecular weight is 461 g/mol. The van der Waals surface area contributed by atoms with Crippen LogP contribution in [0.5, 0.6) is 0 Å². The van der Waals surface area contributed by atoms with E-state index >= 15 is 0 Å². The average Bonchev–Trinajstić information content (AvgIpc) is 3.30. The zero-order chi connectivity index (χ0) is 18.4. The normalized spacial score (nSPS) is 16.2. The van der Waals surface area contributed by atoms with Crippen molar-refractivity contribution in [3.05, 3.63) is 51.4 Å². The summed E-state index contributed by atoms with van der Waals surface area (Å²) >= 11 is 7.06. The molecule has 2 aromatic heterocycles. The number of halogens is 1. The topological polar surface area (TPSA) is 52.2 Å². The van der Waals surface area contributed by atoms with Gasteiger partial charge in [-0.2, -0.15) is 5.10 Å². The van der Waals surface area contributed by atoms with Gasteiger partial charge in [-0.25, -0.2) is 0 Å². The molecule has 27 heavy (non-hydrogen) atoms. The summed E-state index contributed by atoms with van der Waals surface area (Å²) in [5.41, 5.74) is 4.96. The highest BCUT2D eigenvalue weighted by atomic mass is 79.9. The van der Waals surface area contributed by atoms with Crippen LogP contribution in [0.4, 0.5) is 5.69 Å². The lowest BCUT2D eigenvalue weighted by Crippen LogP contribution is -2.49. The maximum absolute atomic E-state index is 13.1. The molecule has 1 N–H and O–H groups in total. The number of thiophene rings is 1. The lowest BCUT2D eigenvalue weighted by molar-refractivity contribution is 0.0740. The summed E-state index contributed by atoms with van der Waals surface area (Å²) in [5.74, 6) is 0.853. The van der Waals surface area contributed by atoms with E-state index in [4.69, 9.17) is 0 Å². The summed E-state index contributed by atoms with van der Waals surface area (Å²) in [6.07, 6.45) is 0. The van der Waals surface area contributed by atoms with Gasteiger partial charge >= 0.3 is 0 Å². The molecule has 2 aliphatic rings. The van der Waals surface area contributed by atoms with E-state index in [2.05, 4.69) is 61.4 Å². The number of carbonyl (C=O) groups is 1. The first-order chi connectivity index (χ1) is 13.2. The van der Waals surface area contributed by atoms with Crippen LogP contribution in [-0.4, -0.2) is 47.2 Å². The Balaban J connectivity index is 1.34. The van der Waals surface area contributed by atoms with Gasteiger partial charge in [-0.3, -0.25) is 9.89 Å². The molecule has 8 heteroatoms. The molecule has 0 aliphatic carbocycles. The van der Waals surface area contributed by atoms with Gasteiger partial charge in [-0.1, -0.05) is 18.2 Å². The molecule has 1 aromatic carbocycles. The third-order valence-electron chi connectivity index (χ3n) is 5.04. The number of hydrogen-bond acceptors (Lipinski definition) is 5. The van der Waals surface area contributed by atoms with Gasteiger partial charge in [0.1, 0.15) is 5.69 Å². The number of carbonyl (C=O) groups excluding carboxylic acids is 1. The van der Waals surface area contributed by atoms with Gasteiger partial charge in [-0.05, 0) is 34.1 Å². The minimum Gasteiger partial charge on any atom is -0.368 e. The molecule has 138 valence electrons. The molecule has 5 nitrogen and oxygen atoms in total. The van der Waals surface area contributed by atoms with E-state index < -0.39 is 0 Å². The van der Waals surface area contributed by atoms with E-state index in [1.54, 1.807) is 23.1 Å². The van der Waals surface area contributed by atoms with E-state index in [9.17, 15) is 4.79 Å². The molecule has 0 radical (unpaired) electrons. The summed E-state index contributed by atoms with van der Waals surface area (Å²) < 4.78 is 2.36. The number of thioether (sulfide) groups is 1. The van der Waals surface area contributed by atoms with Crippen molar-refractivity contribution in [3.8, 4) is 11.3 Å².